The lowest BCUT2D eigenvalue weighted by molar-refractivity contribution is -0.165. The summed E-state index contributed by atoms with van der Waals surface area (Å²) in [5.41, 5.74) is 20.7. The third kappa shape index (κ3) is 20.1. The number of ether oxygens (including phenoxy) is 7. The lowest BCUT2D eigenvalue weighted by Gasteiger charge is -2.33. The highest BCUT2D eigenvalue weighted by atomic mass is 35.5. The molecule has 10 rings (SSSR count). The summed E-state index contributed by atoms with van der Waals surface area (Å²) in [5.74, 6) is 1.46. The SMILES string of the molecule is C=C1N=C(N)C=CN1[C@@H]1O[C@@](CO)(C(=C)C)[C@@H](O)[C@H]1F.C=C1N=C(N)C=CN1[C@@H]1O[C@@](CO)(CCCC)[C@@H](O)[C@H]1F.C=C1N=C(N)C=CN1[C@@H]1O[C@@](CO)(CCl)[C@@H](OC(=O)CCCCCCC)[C@H]1F.C=C1N=C(N)C=CN1[C@@H]1O[C@@](CO)(COC)[C@@H](O)[C@H]1F.C=C1N=C(N)C=CN1[C@@H]1O[C@](/C=C/CC)(CO)[C@@H](O)[C@H]1F. The van der Waals surface area contributed by atoms with E-state index in [0.29, 0.717) is 24.8 Å². The predicted molar refractivity (Wildman–Crippen MR) is 400 cm³/mol. The lowest BCUT2D eigenvalue weighted by Crippen LogP contribution is -2.49. The van der Waals surface area contributed by atoms with Crippen LogP contribution in [0.5, 0.6) is 0 Å². The Kier molecular flexibility index (Phi) is 33.0. The molecule has 0 unspecified atom stereocenters. The molecular formula is C72H107ClF5N15O17. The molecule has 20 atom stereocenters. The van der Waals surface area contributed by atoms with Crippen molar-refractivity contribution in [2.45, 2.75) is 212 Å². The molecule has 110 heavy (non-hydrogen) atoms. The van der Waals surface area contributed by atoms with Crippen molar-refractivity contribution in [1.29, 1.82) is 0 Å². The van der Waals surface area contributed by atoms with Gasteiger partial charge in [-0.15, -0.1) is 11.6 Å². The minimum absolute atomic E-state index is 0.142. The maximum Gasteiger partial charge on any atom is 0.306 e. The number of nitrogens with two attached hydrogens (primary N) is 5. The van der Waals surface area contributed by atoms with E-state index in [4.69, 9.17) is 73.4 Å². The van der Waals surface area contributed by atoms with Crippen molar-refractivity contribution in [3.63, 3.8) is 0 Å². The summed E-state index contributed by atoms with van der Waals surface area (Å²) in [6.45, 7) is 26.8. The van der Waals surface area contributed by atoms with Crippen LogP contribution in [-0.2, 0) is 38.0 Å². The summed E-state index contributed by atoms with van der Waals surface area (Å²) < 4.78 is 111. The van der Waals surface area contributed by atoms with Gasteiger partial charge in [-0.1, -0.05) is 111 Å². The first-order chi connectivity index (χ1) is 52.1. The molecule has 0 aliphatic carbocycles. The number of carbonyl (C=O) groups excluding carboxylic acids is 1. The van der Waals surface area contributed by atoms with Crippen LogP contribution in [0.1, 0.15) is 91.9 Å². The van der Waals surface area contributed by atoms with E-state index in [1.807, 2.05) is 13.8 Å². The summed E-state index contributed by atoms with van der Waals surface area (Å²) in [6, 6.07) is 0. The molecule has 5 fully saturated rings. The largest absolute Gasteiger partial charge is 0.456 e. The van der Waals surface area contributed by atoms with Gasteiger partial charge >= 0.3 is 5.97 Å². The molecule has 614 valence electrons. The number of hydrogen-bond acceptors (Lipinski definition) is 32. The van der Waals surface area contributed by atoms with Gasteiger partial charge in [-0.25, -0.2) is 46.9 Å². The molecule has 0 radical (unpaired) electrons. The first kappa shape index (κ1) is 90.9. The number of aliphatic hydroxyl groups excluding tert-OH is 9. The van der Waals surface area contributed by atoms with E-state index in [9.17, 15) is 68.3 Å². The van der Waals surface area contributed by atoms with E-state index >= 15 is 4.39 Å². The van der Waals surface area contributed by atoms with Gasteiger partial charge in [0.2, 0.25) is 0 Å². The number of amidine groups is 5. The Morgan fingerprint density at radius 2 is 0.882 bits per heavy atom. The zero-order valence-corrected chi connectivity index (χ0v) is 63.0. The van der Waals surface area contributed by atoms with Crippen LogP contribution in [0.15, 0.2) is 173 Å². The zero-order valence-electron chi connectivity index (χ0n) is 62.3. The molecule has 0 aromatic carbocycles. The van der Waals surface area contributed by atoms with Crippen LogP contribution in [0.2, 0.25) is 0 Å². The Labute approximate surface area is 641 Å². The molecule has 38 heteroatoms. The quantitative estimate of drug-likeness (QED) is 0.0195. The minimum atomic E-state index is -1.76. The number of aliphatic imine (C=N–C) groups is 5. The molecule has 32 nitrogen and oxygen atoms in total. The van der Waals surface area contributed by atoms with E-state index in [1.165, 1.54) is 99.1 Å². The normalized spacial score (nSPS) is 35.1. The first-order valence-electron chi connectivity index (χ1n) is 35.5. The van der Waals surface area contributed by atoms with Gasteiger partial charge in [-0.05, 0) is 62.1 Å². The van der Waals surface area contributed by atoms with Gasteiger partial charge in [0.15, 0.2) is 68.1 Å². The number of halogens is 6. The third-order valence-electron chi connectivity index (χ3n) is 19.3. The van der Waals surface area contributed by atoms with Crippen molar-refractivity contribution in [2.75, 3.05) is 52.6 Å². The fraction of sp³-hybridized carbons (Fsp3) is 0.583. The highest BCUT2D eigenvalue weighted by Crippen LogP contribution is 2.45. The van der Waals surface area contributed by atoms with Crippen molar-refractivity contribution in [3.05, 3.63) is 148 Å². The monoisotopic (exact) mass is 1580 g/mol. The summed E-state index contributed by atoms with van der Waals surface area (Å²) in [4.78, 5) is 38.6. The van der Waals surface area contributed by atoms with Crippen LogP contribution >= 0.6 is 11.6 Å². The number of hydrogen-bond donors (Lipinski definition) is 14. The van der Waals surface area contributed by atoms with Gasteiger partial charge < -0.3 is 132 Å². The molecule has 5 saturated heterocycles. The molecule has 0 aromatic rings. The number of esters is 1. The number of aliphatic hydroxyl groups is 9. The van der Waals surface area contributed by atoms with Crippen LogP contribution in [0.4, 0.5) is 22.0 Å². The Bertz CT molecular complexity index is 3610. The predicted octanol–water partition coefficient (Wildman–Crippen LogP) is 2.68. The van der Waals surface area contributed by atoms with Crippen molar-refractivity contribution in [2.24, 2.45) is 53.6 Å². The lowest BCUT2D eigenvalue weighted by atomic mass is 9.90. The summed E-state index contributed by atoms with van der Waals surface area (Å²) >= 11 is 5.98. The first-order valence-corrected chi connectivity index (χ1v) is 36.0. The molecule has 0 spiro atoms. The Morgan fingerprint density at radius 3 is 1.24 bits per heavy atom. The molecule has 10 heterocycles. The molecule has 10 aliphatic heterocycles. The van der Waals surface area contributed by atoms with E-state index < -0.39 is 160 Å². The smallest absolute Gasteiger partial charge is 0.306 e. The molecule has 10 aliphatic rings. The van der Waals surface area contributed by atoms with Gasteiger partial charge in [-0.3, -0.25) is 4.79 Å². The molecule has 0 aromatic heterocycles. The Balaban J connectivity index is 0.000000216. The van der Waals surface area contributed by atoms with E-state index in [0.717, 1.165) is 38.5 Å². The van der Waals surface area contributed by atoms with Gasteiger partial charge in [0.1, 0.15) is 111 Å². The molecule has 0 saturated carbocycles. The van der Waals surface area contributed by atoms with Gasteiger partial charge in [-0.2, -0.15) is 0 Å². The van der Waals surface area contributed by atoms with E-state index in [-0.39, 0.29) is 77.2 Å². The fourth-order valence-corrected chi connectivity index (χ4v) is 13.2. The molecule has 19 N–H and O–H groups in total. The molecule has 0 amide bonds. The van der Waals surface area contributed by atoms with Crippen LogP contribution in [0.3, 0.4) is 0 Å². The molecule has 0 bridgehead atoms. The van der Waals surface area contributed by atoms with Gasteiger partial charge in [0.05, 0.1) is 45.5 Å². The second-order valence-electron chi connectivity index (χ2n) is 27.1. The maximum atomic E-state index is 15.3. The highest BCUT2D eigenvalue weighted by molar-refractivity contribution is 6.18. The number of methoxy groups -OCH3 is 1. The standard InChI is InChI=1S/C19H29ClFN3O4.C14H22FN3O3.C14H20FN3O3.C13H18FN3O3.C12H18FN3O4/c1-3-4-5-6-7-8-15(26)27-17-16(21)18(28-19(17,11-20)12-25)24-10-9-14(22)23-13(24)2;2*1-3-4-6-14(8-19)12(20)11(15)13(21-14)18-7-5-10(16)17-9(18)2;1-7(2)13(6-18)11(19)10(14)12(20-13)17-5-4-9(15)16-8(17)3;1-7-15-8(14)3-4-16(7)11-9(13)10(18)12(5-17,20-11)6-19-2/h9-10,16-18,25H,2-8,11-12H2,1H3,(H2,22,23);5,7,11-13,19-20H,2-4,6,8H2,1H3,(H2,16,17);4-7,11-13,19-20H,2-3,8H2,1H3,(H2,16,17);4-5,10-12,18-19H,1,3,6H2,2H3,(H2,15,16);3-4,9-11,17-18H,1,5-6H2,2H3,(H2,14,15)/b;;6-4+;;/t16-,17+,18-,19-;2*11-,12+,13-,14-;10-,11+,12-,13+;9-,10+,11-,12+/m11111/s1. The van der Waals surface area contributed by atoms with E-state index in [2.05, 4.69) is 71.4 Å². The van der Waals surface area contributed by atoms with Crippen molar-refractivity contribution < 1.29 is 106 Å². The number of allylic oxidation sites excluding steroid dienone is 1. The van der Waals surface area contributed by atoms with Gasteiger partial charge in [0.25, 0.3) is 0 Å². The van der Waals surface area contributed by atoms with Crippen molar-refractivity contribution in [3.8, 4) is 0 Å². The number of alkyl halides is 6. The van der Waals surface area contributed by atoms with Crippen LogP contribution in [0.25, 0.3) is 0 Å². The number of unbranched alkanes of at least 4 members (excludes halogenated alkanes) is 5. The summed E-state index contributed by atoms with van der Waals surface area (Å²) in [7, 11) is 1.37. The Morgan fingerprint density at radius 1 is 0.518 bits per heavy atom. The summed E-state index contributed by atoms with van der Waals surface area (Å²) in [6.07, 6.45) is 4.01. The Hall–Kier alpha value is -7.96. The second kappa shape index (κ2) is 40.0. The van der Waals surface area contributed by atoms with Crippen LogP contribution in [-0.4, -0.2) is 279 Å². The minimum Gasteiger partial charge on any atom is -0.456 e. The van der Waals surface area contributed by atoms with Crippen LogP contribution in [0, 0.1) is 0 Å². The van der Waals surface area contributed by atoms with Crippen molar-refractivity contribution >= 4 is 46.7 Å². The topological polar surface area (TPSA) is 472 Å². The maximum absolute atomic E-state index is 15.3. The van der Waals surface area contributed by atoms with Crippen molar-refractivity contribution in [1.82, 2.24) is 24.5 Å². The number of carbonyl (C=O) groups is 1. The van der Waals surface area contributed by atoms with Crippen LogP contribution < -0.4 is 28.7 Å². The van der Waals surface area contributed by atoms with Gasteiger partial charge in [0, 0.05) is 44.5 Å². The average Bonchev–Trinajstić information content (AvgIpc) is 1.63. The third-order valence-corrected chi connectivity index (χ3v) is 19.8. The molecular weight excluding hydrogens is 1480 g/mol. The average molecular weight is 1590 g/mol. The second-order valence-corrected chi connectivity index (χ2v) is 27.4. The van der Waals surface area contributed by atoms with E-state index in [1.54, 1.807) is 13.0 Å². The fourth-order valence-electron chi connectivity index (χ4n) is 12.9. The zero-order chi connectivity index (χ0) is 82.0. The number of nitrogens with zero attached hydrogens (tertiary/aromatic N) is 10. The number of rotatable bonds is 26. The highest BCUT2D eigenvalue weighted by Gasteiger charge is 2.62. The summed E-state index contributed by atoms with van der Waals surface area (Å²) in [5, 5.41) is 88.2.